The first-order valence-corrected chi connectivity index (χ1v) is 6.55. The molecule has 0 atom stereocenters. The van der Waals surface area contributed by atoms with Crippen molar-refractivity contribution in [2.45, 2.75) is 0 Å². The van der Waals surface area contributed by atoms with Gasteiger partial charge in [-0.25, -0.2) is 0 Å². The second-order valence-corrected chi connectivity index (χ2v) is 4.69. The Bertz CT molecular complexity index is 673. The zero-order valence-electron chi connectivity index (χ0n) is 10.6. The minimum absolute atomic E-state index is 0.0557. The maximum atomic E-state index is 11.9. The lowest BCUT2D eigenvalue weighted by Gasteiger charge is -2.09. The van der Waals surface area contributed by atoms with Crippen LogP contribution in [0.2, 0.25) is 5.02 Å². The number of carbonyl (C=O) groups excluding carboxylic acids is 2. The SMILES string of the molecule is O=C(NC(=S)NNC(=O)c1ccco1)c1cccc(Cl)c1. The highest BCUT2D eigenvalue weighted by atomic mass is 35.5. The summed E-state index contributed by atoms with van der Waals surface area (Å²) >= 11 is 10.7. The van der Waals surface area contributed by atoms with Gasteiger partial charge in [-0.1, -0.05) is 17.7 Å². The standard InChI is InChI=1S/C13H10ClN3O3S/c14-9-4-1-3-8(7-9)11(18)15-13(21)17-16-12(19)10-5-2-6-20-10/h1-7H,(H,16,19)(H2,15,17,18,21). The van der Waals surface area contributed by atoms with E-state index in [1.165, 1.54) is 18.4 Å². The summed E-state index contributed by atoms with van der Waals surface area (Å²) in [5, 5.41) is 2.78. The second-order valence-electron chi connectivity index (χ2n) is 3.85. The van der Waals surface area contributed by atoms with Crippen LogP contribution in [0.15, 0.2) is 47.1 Å². The van der Waals surface area contributed by atoms with Gasteiger partial charge in [0.2, 0.25) is 0 Å². The average molecular weight is 324 g/mol. The first-order chi connectivity index (χ1) is 10.1. The molecule has 0 saturated heterocycles. The molecule has 0 bridgehead atoms. The topological polar surface area (TPSA) is 83.4 Å². The highest BCUT2D eigenvalue weighted by molar-refractivity contribution is 7.80. The quantitative estimate of drug-likeness (QED) is 0.580. The number of thiocarbonyl (C=S) groups is 1. The Morgan fingerprint density at radius 1 is 1.10 bits per heavy atom. The summed E-state index contributed by atoms with van der Waals surface area (Å²) < 4.78 is 4.89. The highest BCUT2D eigenvalue weighted by Crippen LogP contribution is 2.10. The number of nitrogens with one attached hydrogen (secondary N) is 3. The summed E-state index contributed by atoms with van der Waals surface area (Å²) in [6, 6.07) is 9.45. The predicted molar refractivity (Wildman–Crippen MR) is 80.8 cm³/mol. The van der Waals surface area contributed by atoms with Crippen LogP contribution in [-0.2, 0) is 0 Å². The number of halogens is 1. The van der Waals surface area contributed by atoms with Gasteiger partial charge >= 0.3 is 5.91 Å². The van der Waals surface area contributed by atoms with E-state index in [2.05, 4.69) is 16.2 Å². The minimum Gasteiger partial charge on any atom is -0.459 e. The smallest absolute Gasteiger partial charge is 0.305 e. The van der Waals surface area contributed by atoms with Crippen LogP contribution in [0.1, 0.15) is 20.9 Å². The van der Waals surface area contributed by atoms with Crippen LogP contribution < -0.4 is 16.2 Å². The van der Waals surface area contributed by atoms with Crippen molar-refractivity contribution in [1.29, 1.82) is 0 Å². The van der Waals surface area contributed by atoms with E-state index in [9.17, 15) is 9.59 Å². The lowest BCUT2D eigenvalue weighted by Crippen LogP contribution is -2.48. The van der Waals surface area contributed by atoms with Gasteiger partial charge in [-0.05, 0) is 42.5 Å². The zero-order chi connectivity index (χ0) is 15.2. The van der Waals surface area contributed by atoms with Gasteiger partial charge in [-0.3, -0.25) is 25.8 Å². The van der Waals surface area contributed by atoms with E-state index >= 15 is 0 Å². The molecule has 1 aromatic carbocycles. The molecule has 0 aliphatic heterocycles. The molecule has 1 heterocycles. The molecule has 2 amide bonds. The molecule has 0 unspecified atom stereocenters. The lowest BCUT2D eigenvalue weighted by molar-refractivity contribution is 0.0910. The van der Waals surface area contributed by atoms with Gasteiger partial charge in [0, 0.05) is 10.6 Å². The van der Waals surface area contributed by atoms with Gasteiger partial charge in [0.25, 0.3) is 5.91 Å². The Morgan fingerprint density at radius 3 is 2.57 bits per heavy atom. The van der Waals surface area contributed by atoms with Crippen LogP contribution in [0.4, 0.5) is 0 Å². The first kappa shape index (κ1) is 15.0. The largest absolute Gasteiger partial charge is 0.459 e. The van der Waals surface area contributed by atoms with E-state index in [1.54, 1.807) is 24.3 Å². The van der Waals surface area contributed by atoms with Crippen molar-refractivity contribution in [2.75, 3.05) is 0 Å². The summed E-state index contributed by atoms with van der Waals surface area (Å²) in [5.41, 5.74) is 5.03. The number of hydrogen-bond acceptors (Lipinski definition) is 4. The molecule has 0 aliphatic rings. The van der Waals surface area contributed by atoms with Gasteiger partial charge in [0.1, 0.15) is 0 Å². The van der Waals surface area contributed by atoms with Gasteiger partial charge in [-0.2, -0.15) is 0 Å². The molecule has 0 spiro atoms. The summed E-state index contributed by atoms with van der Waals surface area (Å²) in [6.45, 7) is 0. The predicted octanol–water partition coefficient (Wildman–Crippen LogP) is 1.88. The summed E-state index contributed by atoms with van der Waals surface area (Å²) in [6.07, 6.45) is 1.37. The molecule has 2 aromatic rings. The third-order valence-electron chi connectivity index (χ3n) is 2.35. The van der Waals surface area contributed by atoms with Gasteiger partial charge < -0.3 is 4.42 Å². The van der Waals surface area contributed by atoms with Crippen LogP contribution in [0.5, 0.6) is 0 Å². The molecule has 6 nitrogen and oxygen atoms in total. The van der Waals surface area contributed by atoms with Crippen molar-refractivity contribution < 1.29 is 14.0 Å². The molecular formula is C13H10ClN3O3S. The van der Waals surface area contributed by atoms with Crippen LogP contribution in [0.3, 0.4) is 0 Å². The third-order valence-corrected chi connectivity index (χ3v) is 2.79. The van der Waals surface area contributed by atoms with Crippen molar-refractivity contribution in [3.8, 4) is 0 Å². The fourth-order valence-electron chi connectivity index (χ4n) is 1.42. The maximum absolute atomic E-state index is 11.9. The highest BCUT2D eigenvalue weighted by Gasteiger charge is 2.10. The molecule has 0 radical (unpaired) electrons. The van der Waals surface area contributed by atoms with E-state index in [1.807, 2.05) is 0 Å². The van der Waals surface area contributed by atoms with Gasteiger partial charge in [0.15, 0.2) is 10.9 Å². The molecule has 0 saturated carbocycles. The van der Waals surface area contributed by atoms with E-state index < -0.39 is 11.8 Å². The Kier molecular flexibility index (Phi) is 4.91. The van der Waals surface area contributed by atoms with Crippen molar-refractivity contribution in [2.24, 2.45) is 0 Å². The second kappa shape index (κ2) is 6.87. The zero-order valence-corrected chi connectivity index (χ0v) is 12.1. The van der Waals surface area contributed by atoms with Crippen LogP contribution >= 0.6 is 23.8 Å². The molecule has 21 heavy (non-hydrogen) atoms. The fourth-order valence-corrected chi connectivity index (χ4v) is 1.75. The minimum atomic E-state index is -0.514. The number of hydrogen-bond donors (Lipinski definition) is 3. The van der Waals surface area contributed by atoms with Crippen LogP contribution in [-0.4, -0.2) is 16.9 Å². The van der Waals surface area contributed by atoms with Gasteiger partial charge in [0.05, 0.1) is 6.26 Å². The summed E-state index contributed by atoms with van der Waals surface area (Å²) in [5.74, 6) is -0.840. The van der Waals surface area contributed by atoms with Crippen LogP contribution in [0, 0.1) is 0 Å². The van der Waals surface area contributed by atoms with E-state index in [4.69, 9.17) is 28.2 Å². The number of furan rings is 1. The number of hydrazine groups is 1. The summed E-state index contributed by atoms with van der Waals surface area (Å²) in [4.78, 5) is 23.4. The molecule has 3 N–H and O–H groups in total. The number of rotatable bonds is 2. The summed E-state index contributed by atoms with van der Waals surface area (Å²) in [7, 11) is 0. The molecule has 8 heteroatoms. The lowest BCUT2D eigenvalue weighted by atomic mass is 10.2. The Morgan fingerprint density at radius 2 is 1.90 bits per heavy atom. The normalized spacial score (nSPS) is 9.76. The van der Waals surface area contributed by atoms with Crippen molar-refractivity contribution in [3.63, 3.8) is 0 Å². The van der Waals surface area contributed by atoms with Crippen molar-refractivity contribution in [1.82, 2.24) is 16.2 Å². The molecule has 0 fully saturated rings. The number of carbonyl (C=O) groups is 2. The van der Waals surface area contributed by atoms with Crippen LogP contribution in [0.25, 0.3) is 0 Å². The molecule has 2 rings (SSSR count). The van der Waals surface area contributed by atoms with Crippen molar-refractivity contribution >= 4 is 40.7 Å². The molecule has 1 aromatic heterocycles. The third kappa shape index (κ3) is 4.30. The van der Waals surface area contributed by atoms with E-state index in [-0.39, 0.29) is 10.9 Å². The molecular weight excluding hydrogens is 314 g/mol. The Hall–Kier alpha value is -2.38. The Labute approximate surface area is 130 Å². The number of benzene rings is 1. The number of amides is 2. The first-order valence-electron chi connectivity index (χ1n) is 5.77. The molecule has 108 valence electrons. The monoisotopic (exact) mass is 323 g/mol. The van der Waals surface area contributed by atoms with Gasteiger partial charge in [-0.15, -0.1) is 0 Å². The van der Waals surface area contributed by atoms with Crippen molar-refractivity contribution in [3.05, 3.63) is 59.0 Å². The van der Waals surface area contributed by atoms with E-state index in [0.29, 0.717) is 10.6 Å². The average Bonchev–Trinajstić information content (AvgIpc) is 2.99. The van der Waals surface area contributed by atoms with E-state index in [0.717, 1.165) is 0 Å². The molecule has 0 aliphatic carbocycles. The fraction of sp³-hybridized carbons (Fsp3) is 0. The Balaban J connectivity index is 1.84. The maximum Gasteiger partial charge on any atom is 0.305 e.